The lowest BCUT2D eigenvalue weighted by Crippen LogP contribution is -2.42. The van der Waals surface area contributed by atoms with Gasteiger partial charge in [-0.25, -0.2) is 4.39 Å². The van der Waals surface area contributed by atoms with E-state index in [9.17, 15) is 4.39 Å². The molecule has 2 rings (SSSR count). The molecule has 100 valence electrons. The van der Waals surface area contributed by atoms with E-state index < -0.39 is 0 Å². The van der Waals surface area contributed by atoms with Gasteiger partial charge < -0.3 is 10.5 Å². The van der Waals surface area contributed by atoms with E-state index in [1.54, 1.807) is 6.07 Å². The van der Waals surface area contributed by atoms with E-state index in [4.69, 9.17) is 10.5 Å². The van der Waals surface area contributed by atoms with Gasteiger partial charge in [-0.1, -0.05) is 12.5 Å². The maximum absolute atomic E-state index is 13.7. The summed E-state index contributed by atoms with van der Waals surface area (Å²) in [5.41, 5.74) is 6.77. The van der Waals surface area contributed by atoms with E-state index in [1.807, 2.05) is 6.07 Å². The third-order valence-corrected chi connectivity index (χ3v) is 3.93. The Morgan fingerprint density at radius 1 is 1.50 bits per heavy atom. The first kappa shape index (κ1) is 13.3. The SMILES string of the molecule is COc1ccc(C(CN)N(C)C2CCC2)cc1F. The highest BCUT2D eigenvalue weighted by Gasteiger charge is 2.28. The van der Waals surface area contributed by atoms with Crippen molar-refractivity contribution in [2.45, 2.75) is 31.3 Å². The molecule has 0 bridgehead atoms. The average molecular weight is 252 g/mol. The number of hydrogen-bond donors (Lipinski definition) is 1. The summed E-state index contributed by atoms with van der Waals surface area (Å²) in [6.45, 7) is 0.499. The fraction of sp³-hybridized carbons (Fsp3) is 0.571. The molecule has 2 N–H and O–H groups in total. The molecule has 0 aromatic heterocycles. The number of nitrogens with two attached hydrogens (primary N) is 1. The molecule has 1 aliphatic rings. The number of nitrogens with zero attached hydrogens (tertiary/aromatic N) is 1. The van der Waals surface area contributed by atoms with Crippen LogP contribution in [0.5, 0.6) is 5.75 Å². The van der Waals surface area contributed by atoms with Crippen molar-refractivity contribution in [3.05, 3.63) is 29.6 Å². The molecule has 0 heterocycles. The molecule has 18 heavy (non-hydrogen) atoms. The van der Waals surface area contributed by atoms with Gasteiger partial charge in [-0.15, -0.1) is 0 Å². The molecule has 1 atom stereocenters. The summed E-state index contributed by atoms with van der Waals surface area (Å²) in [6.07, 6.45) is 3.71. The van der Waals surface area contributed by atoms with Crippen molar-refractivity contribution in [2.24, 2.45) is 5.73 Å². The average Bonchev–Trinajstić information content (AvgIpc) is 2.28. The zero-order valence-electron chi connectivity index (χ0n) is 11.0. The third kappa shape index (κ3) is 2.49. The van der Waals surface area contributed by atoms with Gasteiger partial charge in [0, 0.05) is 18.6 Å². The summed E-state index contributed by atoms with van der Waals surface area (Å²) in [5.74, 6) is -0.0451. The zero-order chi connectivity index (χ0) is 13.1. The van der Waals surface area contributed by atoms with Gasteiger partial charge in [0.1, 0.15) is 0 Å². The first-order chi connectivity index (χ1) is 8.67. The van der Waals surface area contributed by atoms with Gasteiger partial charge in [-0.05, 0) is 37.6 Å². The van der Waals surface area contributed by atoms with Crippen LogP contribution in [0.15, 0.2) is 18.2 Å². The summed E-state index contributed by atoms with van der Waals surface area (Å²) in [7, 11) is 3.54. The molecule has 3 nitrogen and oxygen atoms in total. The number of benzene rings is 1. The Balaban J connectivity index is 2.18. The van der Waals surface area contributed by atoms with E-state index in [0.717, 1.165) is 5.56 Å². The molecule has 1 saturated carbocycles. The van der Waals surface area contributed by atoms with Gasteiger partial charge in [-0.3, -0.25) is 4.90 Å². The molecular weight excluding hydrogens is 231 g/mol. The topological polar surface area (TPSA) is 38.5 Å². The molecule has 0 spiro atoms. The predicted molar refractivity (Wildman–Crippen MR) is 70.1 cm³/mol. The second-order valence-corrected chi connectivity index (χ2v) is 4.90. The zero-order valence-corrected chi connectivity index (χ0v) is 11.0. The van der Waals surface area contributed by atoms with Crippen molar-refractivity contribution in [1.82, 2.24) is 4.90 Å². The van der Waals surface area contributed by atoms with Crippen molar-refractivity contribution in [2.75, 3.05) is 20.7 Å². The lowest BCUT2D eigenvalue weighted by Gasteiger charge is -2.39. The Bertz CT molecular complexity index is 407. The van der Waals surface area contributed by atoms with Crippen LogP contribution >= 0.6 is 0 Å². The van der Waals surface area contributed by atoms with Crippen molar-refractivity contribution < 1.29 is 9.13 Å². The maximum atomic E-state index is 13.7. The first-order valence-electron chi connectivity index (χ1n) is 6.42. The van der Waals surface area contributed by atoms with Crippen LogP contribution in [0.3, 0.4) is 0 Å². The van der Waals surface area contributed by atoms with Crippen LogP contribution < -0.4 is 10.5 Å². The maximum Gasteiger partial charge on any atom is 0.165 e. The molecular formula is C14H21FN2O. The quantitative estimate of drug-likeness (QED) is 0.874. The second kappa shape index (κ2) is 5.67. The highest BCUT2D eigenvalue weighted by atomic mass is 19.1. The molecule has 0 amide bonds. The fourth-order valence-electron chi connectivity index (χ4n) is 2.48. The summed E-state index contributed by atoms with van der Waals surface area (Å²) in [4.78, 5) is 2.27. The molecule has 4 heteroatoms. The fourth-order valence-corrected chi connectivity index (χ4v) is 2.48. The summed E-state index contributed by atoms with van der Waals surface area (Å²) in [6, 6.07) is 5.77. The van der Waals surface area contributed by atoms with Gasteiger partial charge >= 0.3 is 0 Å². The van der Waals surface area contributed by atoms with Crippen LogP contribution in [0.4, 0.5) is 4.39 Å². The Kier molecular flexibility index (Phi) is 4.19. The third-order valence-electron chi connectivity index (χ3n) is 3.93. The minimum absolute atomic E-state index is 0.0794. The van der Waals surface area contributed by atoms with Crippen LogP contribution in [0.2, 0.25) is 0 Å². The van der Waals surface area contributed by atoms with Crippen molar-refractivity contribution in [3.63, 3.8) is 0 Å². The molecule has 0 aliphatic heterocycles. The summed E-state index contributed by atoms with van der Waals surface area (Å²) in [5, 5.41) is 0. The van der Waals surface area contributed by atoms with Crippen LogP contribution in [-0.2, 0) is 0 Å². The predicted octanol–water partition coefficient (Wildman–Crippen LogP) is 2.32. The van der Waals surface area contributed by atoms with E-state index in [0.29, 0.717) is 12.6 Å². The number of hydrogen-bond acceptors (Lipinski definition) is 3. The lowest BCUT2D eigenvalue weighted by atomic mass is 9.89. The highest BCUT2D eigenvalue weighted by molar-refractivity contribution is 5.31. The van der Waals surface area contributed by atoms with E-state index in [-0.39, 0.29) is 17.6 Å². The minimum Gasteiger partial charge on any atom is -0.494 e. The molecule has 1 aliphatic carbocycles. The van der Waals surface area contributed by atoms with E-state index in [1.165, 1.54) is 32.4 Å². The van der Waals surface area contributed by atoms with E-state index in [2.05, 4.69) is 11.9 Å². The Morgan fingerprint density at radius 2 is 2.22 bits per heavy atom. The minimum atomic E-state index is -0.324. The second-order valence-electron chi connectivity index (χ2n) is 4.90. The number of methoxy groups -OCH3 is 1. The molecule has 0 radical (unpaired) electrons. The van der Waals surface area contributed by atoms with Crippen LogP contribution in [-0.4, -0.2) is 31.6 Å². The standard InChI is InChI=1S/C14H21FN2O/c1-17(11-4-3-5-11)13(9-16)10-6-7-14(18-2)12(15)8-10/h6-8,11,13H,3-5,9,16H2,1-2H3. The number of likely N-dealkylation sites (N-methyl/N-ethyl adjacent to an activating group) is 1. The van der Waals surface area contributed by atoms with Crippen molar-refractivity contribution in [3.8, 4) is 5.75 Å². The molecule has 1 fully saturated rings. The van der Waals surface area contributed by atoms with Crippen LogP contribution in [0.25, 0.3) is 0 Å². The van der Waals surface area contributed by atoms with Crippen LogP contribution in [0, 0.1) is 5.82 Å². The van der Waals surface area contributed by atoms with Gasteiger partial charge in [0.05, 0.1) is 7.11 Å². The Hall–Kier alpha value is -1.13. The van der Waals surface area contributed by atoms with Gasteiger partial charge in [-0.2, -0.15) is 0 Å². The number of halogens is 1. The number of rotatable bonds is 5. The lowest BCUT2D eigenvalue weighted by molar-refractivity contribution is 0.113. The van der Waals surface area contributed by atoms with Crippen LogP contribution in [0.1, 0.15) is 30.9 Å². The summed E-state index contributed by atoms with van der Waals surface area (Å²) >= 11 is 0. The summed E-state index contributed by atoms with van der Waals surface area (Å²) < 4.78 is 18.7. The van der Waals surface area contributed by atoms with Gasteiger partial charge in [0.2, 0.25) is 0 Å². The van der Waals surface area contributed by atoms with Gasteiger partial charge in [0.15, 0.2) is 11.6 Å². The largest absolute Gasteiger partial charge is 0.494 e. The Morgan fingerprint density at radius 3 is 2.67 bits per heavy atom. The number of ether oxygens (including phenoxy) is 1. The molecule has 1 unspecified atom stereocenters. The van der Waals surface area contributed by atoms with Crippen molar-refractivity contribution >= 4 is 0 Å². The van der Waals surface area contributed by atoms with Gasteiger partial charge in [0.25, 0.3) is 0 Å². The van der Waals surface area contributed by atoms with E-state index >= 15 is 0 Å². The van der Waals surface area contributed by atoms with Crippen molar-refractivity contribution in [1.29, 1.82) is 0 Å². The molecule has 1 aromatic rings. The smallest absolute Gasteiger partial charge is 0.165 e. The normalized spacial score (nSPS) is 17.6. The monoisotopic (exact) mass is 252 g/mol. The molecule has 1 aromatic carbocycles. The highest BCUT2D eigenvalue weighted by Crippen LogP contribution is 2.31. The molecule has 0 saturated heterocycles. The Labute approximate surface area is 108 Å². The first-order valence-corrected chi connectivity index (χ1v) is 6.42.